The second kappa shape index (κ2) is 5.23. The van der Waals surface area contributed by atoms with E-state index in [0.29, 0.717) is 16.1 Å². The van der Waals surface area contributed by atoms with Crippen molar-refractivity contribution in [2.45, 2.75) is 25.4 Å². The molecule has 0 bridgehead atoms. The molecule has 17 heavy (non-hydrogen) atoms. The van der Waals surface area contributed by atoms with E-state index in [9.17, 15) is 9.50 Å². The van der Waals surface area contributed by atoms with Crippen molar-refractivity contribution in [2.24, 2.45) is 5.92 Å². The molecule has 1 aliphatic carbocycles. The normalized spacial score (nSPS) is 23.9. The second-order valence-electron chi connectivity index (χ2n) is 4.57. The molecule has 1 aliphatic rings. The van der Waals surface area contributed by atoms with Crippen molar-refractivity contribution in [1.82, 2.24) is 0 Å². The lowest BCUT2D eigenvalue weighted by Gasteiger charge is -2.14. The number of halogens is 2. The summed E-state index contributed by atoms with van der Waals surface area (Å²) < 4.78 is 13.6. The van der Waals surface area contributed by atoms with Crippen LogP contribution in [-0.4, -0.2) is 17.8 Å². The van der Waals surface area contributed by atoms with Crippen LogP contribution in [0.1, 0.15) is 19.3 Å². The highest BCUT2D eigenvalue weighted by atomic mass is 79.9. The fraction of sp³-hybridized carbons (Fsp3) is 0.500. The van der Waals surface area contributed by atoms with Crippen LogP contribution in [0, 0.1) is 11.7 Å². The molecule has 2 unspecified atom stereocenters. The van der Waals surface area contributed by atoms with Gasteiger partial charge in [0.05, 0.1) is 22.0 Å². The number of nitrogens with one attached hydrogen (secondary N) is 1. The van der Waals surface area contributed by atoms with Crippen LogP contribution in [0.2, 0.25) is 0 Å². The van der Waals surface area contributed by atoms with Crippen LogP contribution in [0.25, 0.3) is 0 Å². The van der Waals surface area contributed by atoms with E-state index in [-0.39, 0.29) is 11.9 Å². The van der Waals surface area contributed by atoms with Crippen LogP contribution in [0.15, 0.2) is 16.6 Å². The molecule has 4 N–H and O–H groups in total. The van der Waals surface area contributed by atoms with Crippen molar-refractivity contribution in [1.29, 1.82) is 0 Å². The fourth-order valence-electron chi connectivity index (χ4n) is 2.20. The van der Waals surface area contributed by atoms with Crippen molar-refractivity contribution in [3.05, 3.63) is 22.4 Å². The summed E-state index contributed by atoms with van der Waals surface area (Å²) in [5.74, 6) is 0.109. The maximum atomic E-state index is 13.2. The predicted octanol–water partition coefficient (Wildman–Crippen LogP) is 2.74. The fourth-order valence-corrected chi connectivity index (χ4v) is 2.55. The summed E-state index contributed by atoms with van der Waals surface area (Å²) in [6.45, 7) is 0.763. The molecule has 0 aliphatic heterocycles. The molecule has 0 heterocycles. The molecule has 2 atom stereocenters. The van der Waals surface area contributed by atoms with Crippen LogP contribution in [0.3, 0.4) is 0 Å². The van der Waals surface area contributed by atoms with Gasteiger partial charge in [-0.25, -0.2) is 4.39 Å². The molecule has 1 fully saturated rings. The predicted molar refractivity (Wildman–Crippen MR) is 70.3 cm³/mol. The number of nitrogens with two attached hydrogens (primary N) is 1. The number of aliphatic hydroxyl groups is 1. The summed E-state index contributed by atoms with van der Waals surface area (Å²) in [7, 11) is 0. The van der Waals surface area contributed by atoms with Gasteiger partial charge in [-0.2, -0.15) is 0 Å². The number of aliphatic hydroxyl groups excluding tert-OH is 1. The minimum absolute atomic E-state index is 0.167. The molecule has 94 valence electrons. The van der Waals surface area contributed by atoms with Crippen LogP contribution in [0.5, 0.6) is 0 Å². The van der Waals surface area contributed by atoms with Gasteiger partial charge in [-0.3, -0.25) is 0 Å². The molecule has 3 nitrogen and oxygen atoms in total. The molecular formula is C12H16BrFN2O. The van der Waals surface area contributed by atoms with E-state index in [1.807, 2.05) is 0 Å². The lowest BCUT2D eigenvalue weighted by molar-refractivity contribution is 0.178. The molecule has 0 radical (unpaired) electrons. The summed E-state index contributed by atoms with van der Waals surface area (Å²) in [6.07, 6.45) is 2.56. The van der Waals surface area contributed by atoms with E-state index in [1.54, 1.807) is 6.07 Å². The van der Waals surface area contributed by atoms with Crippen molar-refractivity contribution in [3.8, 4) is 0 Å². The van der Waals surface area contributed by atoms with Gasteiger partial charge in [0.15, 0.2) is 0 Å². The third-order valence-electron chi connectivity index (χ3n) is 3.19. The smallest absolute Gasteiger partial charge is 0.139 e. The topological polar surface area (TPSA) is 58.3 Å². The van der Waals surface area contributed by atoms with E-state index in [0.717, 1.165) is 31.5 Å². The van der Waals surface area contributed by atoms with Gasteiger partial charge in [-0.1, -0.05) is 0 Å². The first kappa shape index (κ1) is 12.6. The highest BCUT2D eigenvalue weighted by molar-refractivity contribution is 9.10. The van der Waals surface area contributed by atoms with E-state index < -0.39 is 0 Å². The minimum atomic E-state index is -0.357. The quantitative estimate of drug-likeness (QED) is 0.753. The van der Waals surface area contributed by atoms with Gasteiger partial charge in [0.1, 0.15) is 5.82 Å². The van der Waals surface area contributed by atoms with Crippen molar-refractivity contribution in [2.75, 3.05) is 17.6 Å². The standard InChI is InChI=1S/C12H16BrFN2O/c13-9-4-12(11(15)5-10(9)14)16-6-7-1-2-8(17)3-7/h4-5,7-8,16-17H,1-3,6,15H2. The molecule has 0 amide bonds. The molecule has 0 saturated heterocycles. The van der Waals surface area contributed by atoms with Crippen LogP contribution in [0.4, 0.5) is 15.8 Å². The lowest BCUT2D eigenvalue weighted by atomic mass is 10.1. The summed E-state index contributed by atoms with van der Waals surface area (Å²) in [4.78, 5) is 0. The Hall–Kier alpha value is -0.810. The van der Waals surface area contributed by atoms with Gasteiger partial charge in [0.25, 0.3) is 0 Å². The third-order valence-corrected chi connectivity index (χ3v) is 3.79. The molecule has 2 rings (SSSR count). The second-order valence-corrected chi connectivity index (χ2v) is 5.42. The molecule has 1 aromatic rings. The van der Waals surface area contributed by atoms with Crippen LogP contribution >= 0.6 is 15.9 Å². The zero-order chi connectivity index (χ0) is 12.4. The Morgan fingerprint density at radius 1 is 1.47 bits per heavy atom. The van der Waals surface area contributed by atoms with Crippen LogP contribution < -0.4 is 11.1 Å². The molecule has 5 heteroatoms. The van der Waals surface area contributed by atoms with Gasteiger partial charge < -0.3 is 16.2 Å². The number of hydrogen-bond donors (Lipinski definition) is 3. The van der Waals surface area contributed by atoms with Gasteiger partial charge in [-0.15, -0.1) is 0 Å². The molecule has 1 saturated carbocycles. The first-order valence-electron chi connectivity index (χ1n) is 5.72. The molecule has 0 spiro atoms. The molecular weight excluding hydrogens is 287 g/mol. The Morgan fingerprint density at radius 3 is 2.88 bits per heavy atom. The number of hydrogen-bond acceptors (Lipinski definition) is 3. The Bertz CT molecular complexity index is 414. The Labute approximate surface area is 108 Å². The Kier molecular flexibility index (Phi) is 3.89. The van der Waals surface area contributed by atoms with Crippen LogP contribution in [-0.2, 0) is 0 Å². The van der Waals surface area contributed by atoms with Crippen molar-refractivity contribution in [3.63, 3.8) is 0 Å². The van der Waals surface area contributed by atoms with Crippen molar-refractivity contribution < 1.29 is 9.50 Å². The van der Waals surface area contributed by atoms with E-state index in [4.69, 9.17) is 5.73 Å². The first-order chi connectivity index (χ1) is 8.06. The van der Waals surface area contributed by atoms with Gasteiger partial charge in [0.2, 0.25) is 0 Å². The minimum Gasteiger partial charge on any atom is -0.397 e. The third kappa shape index (κ3) is 3.10. The largest absolute Gasteiger partial charge is 0.397 e. The van der Waals surface area contributed by atoms with Gasteiger partial charge in [-0.05, 0) is 47.2 Å². The van der Waals surface area contributed by atoms with E-state index in [2.05, 4.69) is 21.2 Å². The Morgan fingerprint density at radius 2 is 2.24 bits per heavy atom. The number of benzene rings is 1. The number of nitrogen functional groups attached to an aromatic ring is 1. The SMILES string of the molecule is Nc1cc(F)c(Br)cc1NCC1CCC(O)C1. The molecule has 1 aromatic carbocycles. The maximum Gasteiger partial charge on any atom is 0.139 e. The number of rotatable bonds is 3. The van der Waals surface area contributed by atoms with E-state index in [1.165, 1.54) is 6.07 Å². The zero-order valence-electron chi connectivity index (χ0n) is 9.42. The average molecular weight is 303 g/mol. The maximum absolute atomic E-state index is 13.2. The number of anilines is 2. The average Bonchev–Trinajstić information content (AvgIpc) is 2.68. The first-order valence-corrected chi connectivity index (χ1v) is 6.52. The Balaban J connectivity index is 1.97. The summed E-state index contributed by atoms with van der Waals surface area (Å²) in [6, 6.07) is 2.95. The van der Waals surface area contributed by atoms with E-state index >= 15 is 0 Å². The van der Waals surface area contributed by atoms with Crippen molar-refractivity contribution >= 4 is 27.3 Å². The highest BCUT2D eigenvalue weighted by Gasteiger charge is 2.22. The van der Waals surface area contributed by atoms with Gasteiger partial charge in [0, 0.05) is 12.6 Å². The summed E-state index contributed by atoms with van der Waals surface area (Å²) >= 11 is 3.13. The summed E-state index contributed by atoms with van der Waals surface area (Å²) in [5.41, 5.74) is 6.87. The summed E-state index contributed by atoms with van der Waals surface area (Å²) in [5, 5.41) is 12.6. The highest BCUT2D eigenvalue weighted by Crippen LogP contribution is 2.29. The van der Waals surface area contributed by atoms with Gasteiger partial charge >= 0.3 is 0 Å². The lowest BCUT2D eigenvalue weighted by Crippen LogP contribution is -2.13. The zero-order valence-corrected chi connectivity index (χ0v) is 11.0. The monoisotopic (exact) mass is 302 g/mol. The molecule has 0 aromatic heterocycles.